The van der Waals surface area contributed by atoms with Crippen LogP contribution in [0.5, 0.6) is 5.75 Å². The molecule has 0 bridgehead atoms. The smallest absolute Gasteiger partial charge is 0.414 e. The predicted octanol–water partition coefficient (Wildman–Crippen LogP) is 3.42. The van der Waals surface area contributed by atoms with Crippen LogP contribution >= 0.6 is 0 Å². The normalized spacial score (nSPS) is 20.9. The minimum Gasteiger partial charge on any atom is -0.495 e. The first kappa shape index (κ1) is 14.8. The van der Waals surface area contributed by atoms with Crippen LogP contribution < -0.4 is 15.0 Å². The van der Waals surface area contributed by atoms with Gasteiger partial charge in [-0.1, -0.05) is 12.2 Å². The summed E-state index contributed by atoms with van der Waals surface area (Å²) in [5.74, 6) is 1.36. The highest BCUT2D eigenvalue weighted by atomic mass is 16.6. The van der Waals surface area contributed by atoms with E-state index in [1.807, 2.05) is 18.2 Å². The number of anilines is 2. The van der Waals surface area contributed by atoms with Crippen molar-refractivity contribution in [1.29, 1.82) is 0 Å². The Morgan fingerprint density at radius 3 is 3.00 bits per heavy atom. The molecule has 2 aliphatic rings. The fourth-order valence-corrected chi connectivity index (χ4v) is 2.93. The molecule has 1 fully saturated rings. The molecule has 0 spiro atoms. The molecule has 118 valence electrons. The van der Waals surface area contributed by atoms with E-state index in [9.17, 15) is 4.79 Å². The van der Waals surface area contributed by atoms with Crippen LogP contribution in [0.4, 0.5) is 16.2 Å². The van der Waals surface area contributed by atoms with Gasteiger partial charge in [0.1, 0.15) is 12.4 Å². The first-order valence-corrected chi connectivity index (χ1v) is 7.79. The molecule has 0 aromatic heterocycles. The molecule has 5 nitrogen and oxygen atoms in total. The summed E-state index contributed by atoms with van der Waals surface area (Å²) in [5.41, 5.74) is 1.77. The summed E-state index contributed by atoms with van der Waals surface area (Å²) in [7, 11) is 1.61. The summed E-state index contributed by atoms with van der Waals surface area (Å²) in [4.78, 5) is 13.4. The van der Waals surface area contributed by atoms with Crippen molar-refractivity contribution in [3.63, 3.8) is 0 Å². The van der Waals surface area contributed by atoms with Crippen molar-refractivity contribution in [3.05, 3.63) is 30.4 Å². The monoisotopic (exact) mass is 302 g/mol. The maximum atomic E-state index is 11.8. The lowest BCUT2D eigenvalue weighted by Gasteiger charge is -2.21. The number of hydrogen-bond acceptors (Lipinski definition) is 4. The van der Waals surface area contributed by atoms with Gasteiger partial charge in [0.15, 0.2) is 0 Å². The molecule has 3 rings (SSSR count). The lowest BCUT2D eigenvalue weighted by atomic mass is 9.94. The van der Waals surface area contributed by atoms with Crippen LogP contribution in [0.1, 0.15) is 19.3 Å². The van der Waals surface area contributed by atoms with E-state index < -0.39 is 0 Å². The molecule has 0 saturated carbocycles. The van der Waals surface area contributed by atoms with Crippen molar-refractivity contribution in [2.75, 3.05) is 37.0 Å². The summed E-state index contributed by atoms with van der Waals surface area (Å²) < 4.78 is 10.4. The molecule has 1 aromatic carbocycles. The molecule has 1 aliphatic carbocycles. The number of methoxy groups -OCH3 is 1. The Kier molecular flexibility index (Phi) is 4.51. The van der Waals surface area contributed by atoms with Gasteiger partial charge in [-0.2, -0.15) is 0 Å². The highest BCUT2D eigenvalue weighted by Crippen LogP contribution is 2.33. The number of ether oxygens (including phenoxy) is 2. The highest BCUT2D eigenvalue weighted by molar-refractivity contribution is 5.92. The van der Waals surface area contributed by atoms with E-state index in [0.717, 1.165) is 24.3 Å². The zero-order chi connectivity index (χ0) is 15.4. The van der Waals surface area contributed by atoms with Crippen LogP contribution in [0.15, 0.2) is 30.4 Å². The van der Waals surface area contributed by atoms with Gasteiger partial charge < -0.3 is 14.8 Å². The van der Waals surface area contributed by atoms with Crippen molar-refractivity contribution in [2.45, 2.75) is 19.3 Å². The van der Waals surface area contributed by atoms with Crippen LogP contribution in [0.3, 0.4) is 0 Å². The Labute approximate surface area is 130 Å². The van der Waals surface area contributed by atoms with Gasteiger partial charge in [-0.25, -0.2) is 4.79 Å². The third kappa shape index (κ3) is 3.18. The summed E-state index contributed by atoms with van der Waals surface area (Å²) in [5, 5.41) is 3.48. The van der Waals surface area contributed by atoms with Crippen molar-refractivity contribution in [1.82, 2.24) is 0 Å². The van der Waals surface area contributed by atoms with Gasteiger partial charge in [0.25, 0.3) is 0 Å². The third-order valence-corrected chi connectivity index (χ3v) is 4.20. The van der Waals surface area contributed by atoms with Crippen molar-refractivity contribution in [3.8, 4) is 5.75 Å². The highest BCUT2D eigenvalue weighted by Gasteiger charge is 2.26. The first-order chi connectivity index (χ1) is 10.8. The standard InChI is InChI=1S/C17H22N2O3/c1-21-16-8-7-14(18-12-13-5-3-2-4-6-13)11-15(16)19-9-10-22-17(19)20/h2-3,7-8,11,13,18H,4-6,9-10,12H2,1H3. The Hall–Kier alpha value is -2.17. The number of amides is 1. The number of nitrogens with one attached hydrogen (secondary N) is 1. The maximum Gasteiger partial charge on any atom is 0.414 e. The summed E-state index contributed by atoms with van der Waals surface area (Å²) in [6, 6.07) is 5.84. The summed E-state index contributed by atoms with van der Waals surface area (Å²) in [6.45, 7) is 1.93. The molecule has 22 heavy (non-hydrogen) atoms. The largest absolute Gasteiger partial charge is 0.495 e. The number of benzene rings is 1. The van der Waals surface area contributed by atoms with Crippen molar-refractivity contribution >= 4 is 17.5 Å². The topological polar surface area (TPSA) is 50.8 Å². The van der Waals surface area contributed by atoms with Gasteiger partial charge in [-0.3, -0.25) is 4.90 Å². The van der Waals surface area contributed by atoms with Gasteiger partial charge in [-0.15, -0.1) is 0 Å². The minimum absolute atomic E-state index is 0.312. The Bertz CT molecular complexity index is 571. The van der Waals surface area contributed by atoms with Crippen molar-refractivity contribution < 1.29 is 14.3 Å². The lowest BCUT2D eigenvalue weighted by Crippen LogP contribution is -2.24. The van der Waals surface area contributed by atoms with Gasteiger partial charge in [-0.05, 0) is 43.4 Å². The van der Waals surface area contributed by atoms with E-state index in [2.05, 4.69) is 17.5 Å². The second kappa shape index (κ2) is 6.73. The lowest BCUT2D eigenvalue weighted by molar-refractivity contribution is 0.181. The molecule has 1 heterocycles. The molecule has 1 aromatic rings. The van der Waals surface area contributed by atoms with Gasteiger partial charge in [0.2, 0.25) is 0 Å². The summed E-state index contributed by atoms with van der Waals surface area (Å²) >= 11 is 0. The quantitative estimate of drug-likeness (QED) is 0.847. The average Bonchev–Trinajstić information content (AvgIpc) is 2.99. The number of cyclic esters (lactones) is 1. The van der Waals surface area contributed by atoms with Crippen LogP contribution in [0.25, 0.3) is 0 Å². The van der Waals surface area contributed by atoms with Crippen LogP contribution in [-0.4, -0.2) is 32.9 Å². The number of rotatable bonds is 5. The molecule has 1 amide bonds. The van der Waals surface area contributed by atoms with E-state index in [1.54, 1.807) is 12.0 Å². The molecular weight excluding hydrogens is 280 g/mol. The molecule has 1 N–H and O–H groups in total. The Morgan fingerprint density at radius 2 is 2.32 bits per heavy atom. The molecule has 5 heteroatoms. The fourth-order valence-electron chi connectivity index (χ4n) is 2.93. The van der Waals surface area contributed by atoms with Crippen LogP contribution in [-0.2, 0) is 4.74 Å². The zero-order valence-corrected chi connectivity index (χ0v) is 12.9. The second-order valence-electron chi connectivity index (χ2n) is 5.68. The fraction of sp³-hybridized carbons (Fsp3) is 0.471. The Morgan fingerprint density at radius 1 is 1.41 bits per heavy atom. The van der Waals surface area contributed by atoms with Crippen molar-refractivity contribution in [2.24, 2.45) is 5.92 Å². The number of hydrogen-bond donors (Lipinski definition) is 1. The third-order valence-electron chi connectivity index (χ3n) is 4.20. The number of carbonyl (C=O) groups excluding carboxylic acids is 1. The van der Waals surface area contributed by atoms with Gasteiger partial charge in [0.05, 0.1) is 19.3 Å². The second-order valence-corrected chi connectivity index (χ2v) is 5.68. The van der Waals surface area contributed by atoms with E-state index in [0.29, 0.717) is 24.8 Å². The molecule has 1 aliphatic heterocycles. The molecule has 1 saturated heterocycles. The SMILES string of the molecule is COc1ccc(NCC2CC=CCC2)cc1N1CCOC1=O. The summed E-state index contributed by atoms with van der Waals surface area (Å²) in [6.07, 6.45) is 7.73. The van der Waals surface area contributed by atoms with Gasteiger partial charge >= 0.3 is 6.09 Å². The van der Waals surface area contributed by atoms with E-state index in [-0.39, 0.29) is 6.09 Å². The van der Waals surface area contributed by atoms with E-state index in [4.69, 9.17) is 9.47 Å². The molecule has 1 atom stereocenters. The number of nitrogens with zero attached hydrogens (tertiary/aromatic N) is 1. The van der Waals surface area contributed by atoms with Crippen LogP contribution in [0.2, 0.25) is 0 Å². The minimum atomic E-state index is -0.312. The van der Waals surface area contributed by atoms with E-state index in [1.165, 1.54) is 12.8 Å². The maximum absolute atomic E-state index is 11.8. The molecule has 1 unspecified atom stereocenters. The van der Waals surface area contributed by atoms with Gasteiger partial charge in [0, 0.05) is 12.2 Å². The average molecular weight is 302 g/mol. The molecular formula is C17H22N2O3. The first-order valence-electron chi connectivity index (χ1n) is 7.79. The zero-order valence-electron chi connectivity index (χ0n) is 12.9. The number of carbonyl (C=O) groups is 1. The predicted molar refractivity (Wildman–Crippen MR) is 86.7 cm³/mol. The number of allylic oxidation sites excluding steroid dienone is 2. The van der Waals surface area contributed by atoms with E-state index >= 15 is 0 Å². The molecule has 0 radical (unpaired) electrons. The Balaban J connectivity index is 1.72. The van der Waals surface area contributed by atoms with Crippen LogP contribution in [0, 0.1) is 5.92 Å².